The van der Waals surface area contributed by atoms with Crippen molar-refractivity contribution in [1.29, 1.82) is 0 Å². The highest BCUT2D eigenvalue weighted by Gasteiger charge is 2.76. The Hall–Kier alpha value is -1.32. The maximum absolute atomic E-state index is 12.8. The normalized spacial score (nSPS) is 13.4. The lowest BCUT2D eigenvalue weighted by molar-refractivity contribution is -0.344. The van der Waals surface area contributed by atoms with E-state index in [9.17, 15) is 35.5 Å². The van der Waals surface area contributed by atoms with Gasteiger partial charge < -0.3 is 5.32 Å². The molecule has 0 atom stereocenters. The number of amides is 1. The first-order valence-corrected chi connectivity index (χ1v) is 5.51. The molecule has 1 heterocycles. The van der Waals surface area contributed by atoms with Gasteiger partial charge >= 0.3 is 18.0 Å². The third-order valence-electron chi connectivity index (χ3n) is 2.04. The molecule has 0 fully saturated rings. The Morgan fingerprint density at radius 3 is 2.16 bits per heavy atom. The van der Waals surface area contributed by atoms with Crippen LogP contribution >= 0.6 is 11.3 Å². The van der Waals surface area contributed by atoms with Gasteiger partial charge in [0.25, 0.3) is 5.91 Å². The molecule has 1 amide bonds. The fourth-order valence-electron chi connectivity index (χ4n) is 1.01. The number of alkyl halides is 7. The molecule has 0 aliphatic heterocycles. The number of nitrogens with one attached hydrogen (secondary N) is 1. The molecule has 1 rings (SSSR count). The Morgan fingerprint density at radius 1 is 1.16 bits per heavy atom. The summed E-state index contributed by atoms with van der Waals surface area (Å²) in [6.07, 6.45) is -6.52. The van der Waals surface area contributed by atoms with Crippen LogP contribution in [-0.4, -0.2) is 23.9 Å². The summed E-state index contributed by atoms with van der Waals surface area (Å²) < 4.78 is 86.1. The lowest BCUT2D eigenvalue weighted by atomic mass is 10.1. The van der Waals surface area contributed by atoms with Crippen molar-refractivity contribution in [1.82, 2.24) is 5.32 Å². The molecule has 0 spiro atoms. The van der Waals surface area contributed by atoms with Crippen LogP contribution in [0.25, 0.3) is 0 Å². The predicted octanol–water partition coefficient (Wildman–Crippen LogP) is 3.20. The average Bonchev–Trinajstić information content (AvgIpc) is 2.76. The molecule has 19 heavy (non-hydrogen) atoms. The smallest absolute Gasteiger partial charge is 0.346 e. The molecule has 10 heteroatoms. The largest absolute Gasteiger partial charge is 0.460 e. The lowest BCUT2D eigenvalue weighted by Crippen LogP contribution is -2.59. The number of hydrogen-bond donors (Lipinski definition) is 1. The summed E-state index contributed by atoms with van der Waals surface area (Å²) in [6.45, 7) is -0.556. The minimum atomic E-state index is -6.52. The van der Waals surface area contributed by atoms with E-state index in [-0.39, 0.29) is 0 Å². The van der Waals surface area contributed by atoms with E-state index in [0.717, 1.165) is 11.3 Å². The quantitative estimate of drug-likeness (QED) is 0.850. The first kappa shape index (κ1) is 15.7. The number of carbonyl (C=O) groups is 1. The van der Waals surface area contributed by atoms with Gasteiger partial charge in [0.1, 0.15) is 0 Å². The van der Waals surface area contributed by atoms with Gasteiger partial charge in [-0.2, -0.15) is 30.7 Å². The molecule has 2 nitrogen and oxygen atoms in total. The minimum Gasteiger partial charge on any atom is -0.346 e. The van der Waals surface area contributed by atoms with Gasteiger partial charge in [0, 0.05) is 4.88 Å². The van der Waals surface area contributed by atoms with Crippen LogP contribution in [0, 0.1) is 0 Å². The van der Waals surface area contributed by atoms with Gasteiger partial charge in [0.2, 0.25) is 0 Å². The molecule has 1 N–H and O–H groups in total. The molecule has 0 aliphatic carbocycles. The van der Waals surface area contributed by atoms with Gasteiger partial charge in [-0.25, -0.2) is 0 Å². The van der Waals surface area contributed by atoms with Crippen LogP contribution in [0.1, 0.15) is 4.88 Å². The van der Waals surface area contributed by atoms with Gasteiger partial charge in [-0.1, -0.05) is 6.07 Å². The second kappa shape index (κ2) is 4.99. The van der Waals surface area contributed by atoms with E-state index in [0.29, 0.717) is 4.88 Å². The van der Waals surface area contributed by atoms with Crippen LogP contribution in [0.3, 0.4) is 0 Å². The molecule has 1 aromatic rings. The zero-order chi connectivity index (χ0) is 14.9. The first-order chi connectivity index (χ1) is 8.50. The van der Waals surface area contributed by atoms with Crippen LogP contribution in [0.4, 0.5) is 30.7 Å². The fraction of sp³-hybridized carbons (Fsp3) is 0.444. The second-order valence-corrected chi connectivity index (χ2v) is 4.44. The Labute approximate surface area is 106 Å². The second-order valence-electron chi connectivity index (χ2n) is 3.41. The molecule has 0 aromatic carbocycles. The van der Waals surface area contributed by atoms with Gasteiger partial charge in [-0.15, -0.1) is 11.3 Å². The molecule has 0 bridgehead atoms. The summed E-state index contributed by atoms with van der Waals surface area (Å²) in [5.74, 6) is -15.0. The number of halogens is 7. The lowest BCUT2D eigenvalue weighted by Gasteiger charge is -2.26. The van der Waals surface area contributed by atoms with Crippen molar-refractivity contribution in [3.63, 3.8) is 0 Å². The van der Waals surface area contributed by atoms with Crippen molar-refractivity contribution in [2.24, 2.45) is 0 Å². The molecule has 108 valence electrons. The molecule has 1 aromatic heterocycles. The topological polar surface area (TPSA) is 29.1 Å². The molecule has 0 saturated carbocycles. The number of thiophene rings is 1. The van der Waals surface area contributed by atoms with Crippen LogP contribution in [0.15, 0.2) is 17.5 Å². The van der Waals surface area contributed by atoms with Gasteiger partial charge in [-0.3, -0.25) is 4.79 Å². The number of carbonyl (C=O) groups excluding carboxylic acids is 1. The van der Waals surface area contributed by atoms with Crippen molar-refractivity contribution in [3.8, 4) is 0 Å². The first-order valence-electron chi connectivity index (χ1n) is 4.63. The molecule has 0 aliphatic rings. The standard InChI is InChI=1S/C9H6F7NOS/c10-7(11,8(12,13)9(14,15)16)6(18)17-4-5-2-1-3-19-5/h1-3H,4H2,(H,17,18). The van der Waals surface area contributed by atoms with Crippen molar-refractivity contribution in [3.05, 3.63) is 22.4 Å². The van der Waals surface area contributed by atoms with Crippen molar-refractivity contribution in [2.75, 3.05) is 0 Å². The van der Waals surface area contributed by atoms with Crippen molar-refractivity contribution < 1.29 is 35.5 Å². The van der Waals surface area contributed by atoms with Crippen molar-refractivity contribution in [2.45, 2.75) is 24.6 Å². The van der Waals surface area contributed by atoms with E-state index >= 15 is 0 Å². The van der Waals surface area contributed by atoms with E-state index in [1.54, 1.807) is 0 Å². The molecule has 0 saturated heterocycles. The maximum Gasteiger partial charge on any atom is 0.460 e. The molecule has 0 unspecified atom stereocenters. The van der Waals surface area contributed by atoms with Gasteiger partial charge in [0.05, 0.1) is 6.54 Å². The highest BCUT2D eigenvalue weighted by molar-refractivity contribution is 7.09. The Balaban J connectivity index is 2.79. The van der Waals surface area contributed by atoms with Crippen LogP contribution in [0.5, 0.6) is 0 Å². The molecular formula is C9H6F7NOS. The average molecular weight is 309 g/mol. The van der Waals surface area contributed by atoms with E-state index < -0.39 is 30.5 Å². The summed E-state index contributed by atoms with van der Waals surface area (Å²) in [5, 5.41) is 2.86. The van der Waals surface area contributed by atoms with E-state index in [1.807, 2.05) is 0 Å². The molecule has 0 radical (unpaired) electrons. The zero-order valence-corrected chi connectivity index (χ0v) is 9.72. The van der Waals surface area contributed by atoms with E-state index in [2.05, 4.69) is 0 Å². The predicted molar refractivity (Wildman–Crippen MR) is 52.1 cm³/mol. The van der Waals surface area contributed by atoms with E-state index in [1.165, 1.54) is 22.8 Å². The fourth-order valence-corrected chi connectivity index (χ4v) is 1.66. The third-order valence-corrected chi connectivity index (χ3v) is 2.92. The SMILES string of the molecule is O=C(NCc1cccs1)C(F)(F)C(F)(F)C(F)(F)F. The van der Waals surface area contributed by atoms with Crippen LogP contribution < -0.4 is 5.32 Å². The maximum atomic E-state index is 12.8. The Morgan fingerprint density at radius 2 is 1.74 bits per heavy atom. The minimum absolute atomic E-state index is 0.333. The van der Waals surface area contributed by atoms with E-state index in [4.69, 9.17) is 0 Å². The zero-order valence-electron chi connectivity index (χ0n) is 8.90. The Bertz CT molecular complexity index is 440. The summed E-state index contributed by atoms with van der Waals surface area (Å²) in [5.41, 5.74) is 0. The Kier molecular flexibility index (Phi) is 4.13. The summed E-state index contributed by atoms with van der Waals surface area (Å²) in [7, 11) is 0. The van der Waals surface area contributed by atoms with Gasteiger partial charge in [-0.05, 0) is 11.4 Å². The third kappa shape index (κ3) is 2.99. The van der Waals surface area contributed by atoms with Crippen LogP contribution in [-0.2, 0) is 11.3 Å². The summed E-state index contributed by atoms with van der Waals surface area (Å²) in [6, 6.07) is 2.89. The monoisotopic (exact) mass is 309 g/mol. The number of rotatable bonds is 4. The van der Waals surface area contributed by atoms with Gasteiger partial charge in [0.15, 0.2) is 0 Å². The summed E-state index contributed by atoms with van der Waals surface area (Å²) in [4.78, 5) is 11.1. The highest BCUT2D eigenvalue weighted by Crippen LogP contribution is 2.46. The number of hydrogen-bond acceptors (Lipinski definition) is 2. The highest BCUT2D eigenvalue weighted by atomic mass is 32.1. The van der Waals surface area contributed by atoms with Crippen molar-refractivity contribution >= 4 is 17.2 Å². The molecular weight excluding hydrogens is 303 g/mol. The summed E-state index contributed by atoms with van der Waals surface area (Å²) >= 11 is 1.02. The van der Waals surface area contributed by atoms with Crippen LogP contribution in [0.2, 0.25) is 0 Å².